The van der Waals surface area contributed by atoms with Gasteiger partial charge >= 0.3 is 5.97 Å². The monoisotopic (exact) mass is 399 g/mol. The van der Waals surface area contributed by atoms with Crippen LogP contribution < -0.4 is 5.73 Å². The molecule has 6 heteroatoms. The standard InChI is InChI=1S/C22H26ClN3O2/c1-6-16-12(4)20(24)19-18(14-9-7-8-10-15(14)23)17(22(27)28-11(2)3)13(5)25-21(19)26-16/h7-11,17-18H,6H2,1-5H3,(H2,24,26). The van der Waals surface area contributed by atoms with Gasteiger partial charge in [-0.25, -0.2) is 9.98 Å². The number of nitrogens with zero attached hydrogens (tertiary/aromatic N) is 2. The summed E-state index contributed by atoms with van der Waals surface area (Å²) in [6.45, 7) is 9.49. The maximum Gasteiger partial charge on any atom is 0.315 e. The van der Waals surface area contributed by atoms with E-state index >= 15 is 0 Å². The number of aliphatic imine (C=N–C) groups is 1. The van der Waals surface area contributed by atoms with Crippen LogP contribution in [0.1, 0.15) is 56.0 Å². The Hall–Kier alpha value is -2.40. The van der Waals surface area contributed by atoms with E-state index in [0.29, 0.717) is 22.2 Å². The Morgan fingerprint density at radius 3 is 2.57 bits per heavy atom. The highest BCUT2D eigenvalue weighted by Crippen LogP contribution is 2.47. The summed E-state index contributed by atoms with van der Waals surface area (Å²) in [6, 6.07) is 7.52. The first-order valence-electron chi connectivity index (χ1n) is 9.55. The highest BCUT2D eigenvalue weighted by Gasteiger charge is 2.42. The van der Waals surface area contributed by atoms with E-state index in [1.54, 1.807) is 0 Å². The van der Waals surface area contributed by atoms with E-state index in [1.807, 2.05) is 58.9 Å². The molecule has 0 fully saturated rings. The minimum absolute atomic E-state index is 0.228. The van der Waals surface area contributed by atoms with Crippen molar-refractivity contribution in [2.45, 2.75) is 53.1 Å². The minimum Gasteiger partial charge on any atom is -0.462 e. The van der Waals surface area contributed by atoms with E-state index in [1.165, 1.54) is 0 Å². The van der Waals surface area contributed by atoms with Crippen LogP contribution in [-0.4, -0.2) is 22.8 Å². The number of nitrogen functional groups attached to an aromatic ring is 1. The number of hydrogen-bond donors (Lipinski definition) is 1. The van der Waals surface area contributed by atoms with E-state index in [2.05, 4.69) is 4.99 Å². The van der Waals surface area contributed by atoms with Gasteiger partial charge in [-0.05, 0) is 51.3 Å². The summed E-state index contributed by atoms with van der Waals surface area (Å²) in [6.07, 6.45) is 0.529. The van der Waals surface area contributed by atoms with Crippen LogP contribution >= 0.6 is 11.6 Å². The second-order valence-electron chi connectivity index (χ2n) is 7.40. The lowest BCUT2D eigenvalue weighted by Crippen LogP contribution is -2.35. The Morgan fingerprint density at radius 1 is 1.29 bits per heavy atom. The van der Waals surface area contributed by atoms with Gasteiger partial charge in [0.1, 0.15) is 5.92 Å². The molecule has 1 aliphatic heterocycles. The van der Waals surface area contributed by atoms with Gasteiger partial charge in [0.05, 0.1) is 6.10 Å². The molecule has 148 valence electrons. The molecule has 3 rings (SSSR count). The summed E-state index contributed by atoms with van der Waals surface area (Å²) < 4.78 is 5.56. The van der Waals surface area contributed by atoms with Crippen LogP contribution in [0, 0.1) is 12.8 Å². The average molecular weight is 400 g/mol. The number of aromatic nitrogens is 1. The fraction of sp³-hybridized carbons (Fsp3) is 0.409. The second kappa shape index (κ2) is 7.92. The van der Waals surface area contributed by atoms with Gasteiger partial charge in [0.2, 0.25) is 0 Å². The van der Waals surface area contributed by atoms with Crippen LogP contribution in [0.3, 0.4) is 0 Å². The molecule has 0 radical (unpaired) electrons. The molecule has 2 aromatic rings. The van der Waals surface area contributed by atoms with Crippen molar-refractivity contribution in [3.05, 3.63) is 51.7 Å². The highest BCUT2D eigenvalue weighted by atomic mass is 35.5. The molecule has 0 bridgehead atoms. The number of carbonyl (C=O) groups is 1. The SMILES string of the molecule is CCc1nc2c(c(N)c1C)C(c1ccccc1Cl)C(C(=O)OC(C)C)C(C)=N2. The Morgan fingerprint density at radius 2 is 1.96 bits per heavy atom. The van der Waals surface area contributed by atoms with Crippen molar-refractivity contribution in [2.24, 2.45) is 10.9 Å². The fourth-order valence-electron chi connectivity index (χ4n) is 3.80. The minimum atomic E-state index is -0.606. The van der Waals surface area contributed by atoms with Crippen molar-refractivity contribution in [1.29, 1.82) is 0 Å². The Kier molecular flexibility index (Phi) is 5.75. The number of aryl methyl sites for hydroxylation is 1. The van der Waals surface area contributed by atoms with Gasteiger partial charge in [-0.1, -0.05) is 36.7 Å². The van der Waals surface area contributed by atoms with Gasteiger partial charge in [-0.15, -0.1) is 0 Å². The van der Waals surface area contributed by atoms with Crippen molar-refractivity contribution in [2.75, 3.05) is 5.73 Å². The fourth-order valence-corrected chi connectivity index (χ4v) is 4.06. The molecular weight excluding hydrogens is 374 g/mol. The number of carbonyl (C=O) groups excluding carboxylic acids is 1. The Balaban J connectivity index is 2.30. The number of pyridine rings is 1. The van der Waals surface area contributed by atoms with Crippen LogP contribution in [0.25, 0.3) is 0 Å². The van der Waals surface area contributed by atoms with Crippen molar-refractivity contribution in [1.82, 2.24) is 4.98 Å². The number of halogens is 1. The predicted molar refractivity (Wildman–Crippen MR) is 114 cm³/mol. The van der Waals surface area contributed by atoms with Crippen LogP contribution in [0.2, 0.25) is 5.02 Å². The summed E-state index contributed by atoms with van der Waals surface area (Å²) in [5.74, 6) is -0.769. The van der Waals surface area contributed by atoms with E-state index in [0.717, 1.165) is 28.8 Å². The predicted octanol–water partition coefficient (Wildman–Crippen LogP) is 4.99. The maximum absolute atomic E-state index is 13.0. The number of esters is 1. The number of ether oxygens (including phenoxy) is 1. The highest BCUT2D eigenvalue weighted by molar-refractivity contribution is 6.31. The Labute approximate surface area is 171 Å². The lowest BCUT2D eigenvalue weighted by Gasteiger charge is -2.33. The third-order valence-electron chi connectivity index (χ3n) is 5.17. The molecule has 2 unspecified atom stereocenters. The zero-order valence-electron chi connectivity index (χ0n) is 16.9. The first-order valence-corrected chi connectivity index (χ1v) is 9.92. The van der Waals surface area contributed by atoms with E-state index < -0.39 is 11.8 Å². The molecule has 0 saturated carbocycles. The molecule has 0 saturated heterocycles. The smallest absolute Gasteiger partial charge is 0.315 e. The Bertz CT molecular complexity index is 953. The number of anilines is 1. The molecule has 1 aliphatic rings. The molecule has 28 heavy (non-hydrogen) atoms. The average Bonchev–Trinajstić information content (AvgIpc) is 2.63. The summed E-state index contributed by atoms with van der Waals surface area (Å²) in [5, 5.41) is 0.576. The van der Waals surface area contributed by atoms with Gasteiger partial charge in [-0.2, -0.15) is 0 Å². The number of nitrogens with two attached hydrogens (primary N) is 1. The summed E-state index contributed by atoms with van der Waals surface area (Å²) in [4.78, 5) is 22.4. The largest absolute Gasteiger partial charge is 0.462 e. The summed E-state index contributed by atoms with van der Waals surface area (Å²) in [5.41, 5.74) is 11.2. The number of fused-ring (bicyclic) bond motifs is 1. The molecule has 2 atom stereocenters. The second-order valence-corrected chi connectivity index (χ2v) is 7.81. The van der Waals surface area contributed by atoms with Crippen molar-refractivity contribution in [3.8, 4) is 0 Å². The normalized spacial score (nSPS) is 18.6. The van der Waals surface area contributed by atoms with E-state index in [4.69, 9.17) is 27.1 Å². The molecule has 1 aromatic carbocycles. The number of hydrogen-bond acceptors (Lipinski definition) is 5. The van der Waals surface area contributed by atoms with Gasteiger partial charge in [0.25, 0.3) is 0 Å². The van der Waals surface area contributed by atoms with Crippen molar-refractivity contribution in [3.63, 3.8) is 0 Å². The van der Waals surface area contributed by atoms with Crippen molar-refractivity contribution < 1.29 is 9.53 Å². The van der Waals surface area contributed by atoms with E-state index in [9.17, 15) is 4.79 Å². The molecule has 2 heterocycles. The summed E-state index contributed by atoms with van der Waals surface area (Å²) in [7, 11) is 0. The zero-order chi connectivity index (χ0) is 20.6. The van der Waals surface area contributed by atoms with Gasteiger partial charge in [0, 0.05) is 33.6 Å². The lowest BCUT2D eigenvalue weighted by molar-refractivity contribution is -0.150. The van der Waals surface area contributed by atoms with Crippen LogP contribution in [-0.2, 0) is 16.0 Å². The maximum atomic E-state index is 13.0. The third kappa shape index (κ3) is 3.51. The molecule has 2 N–H and O–H groups in total. The number of benzene rings is 1. The first-order chi connectivity index (χ1) is 13.3. The first kappa shape index (κ1) is 20.3. The molecule has 1 aromatic heterocycles. The van der Waals surface area contributed by atoms with Gasteiger partial charge < -0.3 is 10.5 Å². The van der Waals surface area contributed by atoms with E-state index in [-0.39, 0.29) is 12.1 Å². The number of rotatable bonds is 4. The molecular formula is C22H26ClN3O2. The lowest BCUT2D eigenvalue weighted by atomic mass is 9.75. The summed E-state index contributed by atoms with van der Waals surface area (Å²) >= 11 is 6.54. The molecule has 0 amide bonds. The third-order valence-corrected chi connectivity index (χ3v) is 5.51. The zero-order valence-corrected chi connectivity index (χ0v) is 17.7. The molecule has 0 spiro atoms. The van der Waals surface area contributed by atoms with Crippen molar-refractivity contribution >= 4 is 34.8 Å². The molecule has 0 aliphatic carbocycles. The topological polar surface area (TPSA) is 77.6 Å². The van der Waals surface area contributed by atoms with Gasteiger partial charge in [-0.3, -0.25) is 4.79 Å². The van der Waals surface area contributed by atoms with Crippen LogP contribution in [0.5, 0.6) is 0 Å². The van der Waals surface area contributed by atoms with Gasteiger partial charge in [0.15, 0.2) is 5.82 Å². The molecule has 5 nitrogen and oxygen atoms in total. The van der Waals surface area contributed by atoms with Crippen LogP contribution in [0.4, 0.5) is 11.5 Å². The quantitative estimate of drug-likeness (QED) is 0.734. The van der Waals surface area contributed by atoms with Crippen LogP contribution in [0.15, 0.2) is 29.3 Å².